The molecule has 1 aromatic carbocycles. The van der Waals surface area contributed by atoms with E-state index in [-0.39, 0.29) is 22.9 Å². The quantitative estimate of drug-likeness (QED) is 0.856. The van der Waals surface area contributed by atoms with Gasteiger partial charge in [-0.3, -0.25) is 0 Å². The Morgan fingerprint density at radius 2 is 2.11 bits per heavy atom. The second-order valence-corrected chi connectivity index (χ2v) is 6.16. The van der Waals surface area contributed by atoms with Gasteiger partial charge >= 0.3 is 0 Å². The second kappa shape index (κ2) is 6.07. The molecule has 0 spiro atoms. The Morgan fingerprint density at radius 1 is 1.37 bits per heavy atom. The van der Waals surface area contributed by atoms with E-state index >= 15 is 0 Å². The lowest BCUT2D eigenvalue weighted by molar-refractivity contribution is 0.171. The number of aromatic nitrogens is 1. The van der Waals surface area contributed by atoms with Crippen LogP contribution >= 0.6 is 27.3 Å². The van der Waals surface area contributed by atoms with Crippen LogP contribution in [-0.4, -0.2) is 16.2 Å². The Balaban J connectivity index is 2.11. The molecular formula is C13H12BrF2NOS. The highest BCUT2D eigenvalue weighted by Crippen LogP contribution is 2.23. The lowest BCUT2D eigenvalue weighted by Gasteiger charge is -2.11. The first-order chi connectivity index (χ1) is 8.97. The molecule has 19 heavy (non-hydrogen) atoms. The first-order valence-corrected chi connectivity index (χ1v) is 7.36. The van der Waals surface area contributed by atoms with Crippen molar-refractivity contribution in [3.8, 4) is 0 Å². The highest BCUT2D eigenvalue weighted by molar-refractivity contribution is 9.10. The number of benzene rings is 1. The maximum absolute atomic E-state index is 13.8. The summed E-state index contributed by atoms with van der Waals surface area (Å²) in [4.78, 5) is 4.22. The van der Waals surface area contributed by atoms with Gasteiger partial charge in [0.05, 0.1) is 21.3 Å². The van der Waals surface area contributed by atoms with Gasteiger partial charge in [0, 0.05) is 23.8 Å². The molecule has 2 rings (SSSR count). The second-order valence-electron chi connectivity index (χ2n) is 4.24. The molecule has 0 fully saturated rings. The minimum atomic E-state index is -0.861. The number of aryl methyl sites for hydroxylation is 1. The number of thiazole rings is 1. The molecule has 0 aliphatic carbocycles. The lowest BCUT2D eigenvalue weighted by Crippen LogP contribution is -2.16. The molecule has 0 saturated heterocycles. The Labute approximate surface area is 122 Å². The molecule has 1 atom stereocenters. The molecule has 0 bridgehead atoms. The summed E-state index contributed by atoms with van der Waals surface area (Å²) in [6.07, 6.45) is -0.650. The van der Waals surface area contributed by atoms with E-state index in [0.29, 0.717) is 0 Å². The van der Waals surface area contributed by atoms with Crippen LogP contribution in [0.3, 0.4) is 0 Å². The van der Waals surface area contributed by atoms with Crippen LogP contribution in [0.25, 0.3) is 0 Å². The third-order valence-electron chi connectivity index (χ3n) is 2.69. The molecule has 1 heterocycles. The van der Waals surface area contributed by atoms with E-state index in [1.165, 1.54) is 23.5 Å². The van der Waals surface area contributed by atoms with Gasteiger partial charge in [0.15, 0.2) is 0 Å². The fourth-order valence-electron chi connectivity index (χ4n) is 1.81. The zero-order valence-corrected chi connectivity index (χ0v) is 12.6. The van der Waals surface area contributed by atoms with E-state index < -0.39 is 17.7 Å². The van der Waals surface area contributed by atoms with Gasteiger partial charge in [0.25, 0.3) is 0 Å². The minimum Gasteiger partial charge on any atom is -0.392 e. The van der Waals surface area contributed by atoms with Crippen LogP contribution in [0.1, 0.15) is 16.3 Å². The summed E-state index contributed by atoms with van der Waals surface area (Å²) in [5.41, 5.74) is 0.639. The van der Waals surface area contributed by atoms with Crippen molar-refractivity contribution in [2.75, 3.05) is 0 Å². The molecule has 102 valence electrons. The van der Waals surface area contributed by atoms with Gasteiger partial charge in [-0.2, -0.15) is 0 Å². The van der Waals surface area contributed by atoms with Crippen LogP contribution in [-0.2, 0) is 12.8 Å². The summed E-state index contributed by atoms with van der Waals surface area (Å²) < 4.78 is 27.5. The maximum Gasteiger partial charge on any atom is 0.143 e. The third kappa shape index (κ3) is 3.58. The van der Waals surface area contributed by atoms with Crippen LogP contribution in [0.5, 0.6) is 0 Å². The molecule has 1 unspecified atom stereocenters. The number of nitrogens with zero attached hydrogens (tertiary/aromatic N) is 1. The molecule has 0 radical (unpaired) electrons. The molecule has 0 saturated carbocycles. The molecule has 0 aliphatic rings. The van der Waals surface area contributed by atoms with Gasteiger partial charge in [0.2, 0.25) is 0 Å². The van der Waals surface area contributed by atoms with Crippen molar-refractivity contribution in [2.24, 2.45) is 0 Å². The van der Waals surface area contributed by atoms with E-state index in [1.54, 1.807) is 0 Å². The SMILES string of the molecule is Cc1nc(CC(O)Cc2c(F)ccc(Br)c2F)cs1. The maximum atomic E-state index is 13.8. The van der Waals surface area contributed by atoms with Gasteiger partial charge in [-0.05, 0) is 35.0 Å². The van der Waals surface area contributed by atoms with E-state index in [9.17, 15) is 13.9 Å². The zero-order chi connectivity index (χ0) is 14.0. The minimum absolute atomic E-state index is 0.0757. The molecule has 1 aromatic heterocycles. The molecule has 0 aliphatic heterocycles. The number of hydrogen-bond acceptors (Lipinski definition) is 3. The predicted octanol–water partition coefficient (Wildman–Crippen LogP) is 3.64. The van der Waals surface area contributed by atoms with Crippen molar-refractivity contribution >= 4 is 27.3 Å². The topological polar surface area (TPSA) is 33.1 Å². The molecular weight excluding hydrogens is 336 g/mol. The zero-order valence-electron chi connectivity index (χ0n) is 10.2. The van der Waals surface area contributed by atoms with Gasteiger partial charge < -0.3 is 5.11 Å². The molecule has 0 amide bonds. The first kappa shape index (κ1) is 14.6. The van der Waals surface area contributed by atoms with Crippen LogP contribution in [0, 0.1) is 18.6 Å². The summed E-state index contributed by atoms with van der Waals surface area (Å²) in [6.45, 7) is 1.87. The standard InChI is InChI=1S/C13H12BrF2NOS/c1-7-17-8(6-19-7)4-9(18)5-10-12(15)3-2-11(14)13(10)16/h2-3,6,9,18H,4-5H2,1H3. The smallest absolute Gasteiger partial charge is 0.143 e. The average molecular weight is 348 g/mol. The van der Waals surface area contributed by atoms with E-state index in [2.05, 4.69) is 20.9 Å². The van der Waals surface area contributed by atoms with Crippen molar-refractivity contribution in [1.29, 1.82) is 0 Å². The van der Waals surface area contributed by atoms with Gasteiger partial charge in [0.1, 0.15) is 11.6 Å². The predicted molar refractivity (Wildman–Crippen MR) is 74.3 cm³/mol. The van der Waals surface area contributed by atoms with Crippen molar-refractivity contribution in [3.05, 3.63) is 49.9 Å². The van der Waals surface area contributed by atoms with Crippen molar-refractivity contribution in [2.45, 2.75) is 25.9 Å². The fourth-order valence-corrected chi connectivity index (χ4v) is 2.80. The number of halogens is 3. The largest absolute Gasteiger partial charge is 0.392 e. The van der Waals surface area contributed by atoms with Crippen LogP contribution in [0.15, 0.2) is 22.0 Å². The molecule has 6 heteroatoms. The normalized spacial score (nSPS) is 12.7. The van der Waals surface area contributed by atoms with Gasteiger partial charge in [-0.1, -0.05) is 0 Å². The Kier molecular flexibility index (Phi) is 4.65. The first-order valence-electron chi connectivity index (χ1n) is 5.69. The number of hydrogen-bond donors (Lipinski definition) is 1. The average Bonchev–Trinajstić information content (AvgIpc) is 2.75. The summed E-state index contributed by atoms with van der Waals surface area (Å²) in [7, 11) is 0. The third-order valence-corrected chi connectivity index (χ3v) is 4.12. The highest BCUT2D eigenvalue weighted by atomic mass is 79.9. The summed E-state index contributed by atoms with van der Waals surface area (Å²) >= 11 is 4.49. The highest BCUT2D eigenvalue weighted by Gasteiger charge is 2.17. The molecule has 1 N–H and O–H groups in total. The molecule has 2 nitrogen and oxygen atoms in total. The van der Waals surface area contributed by atoms with Gasteiger partial charge in [-0.25, -0.2) is 13.8 Å². The van der Waals surface area contributed by atoms with Crippen LogP contribution in [0.4, 0.5) is 8.78 Å². The summed E-state index contributed by atoms with van der Waals surface area (Å²) in [5.74, 6) is -1.30. The van der Waals surface area contributed by atoms with E-state index in [4.69, 9.17) is 0 Å². The summed E-state index contributed by atoms with van der Waals surface area (Å²) in [6, 6.07) is 2.49. The number of aliphatic hydroxyl groups excluding tert-OH is 1. The van der Waals surface area contributed by atoms with Crippen LogP contribution < -0.4 is 0 Å². The van der Waals surface area contributed by atoms with Crippen molar-refractivity contribution < 1.29 is 13.9 Å². The lowest BCUT2D eigenvalue weighted by atomic mass is 10.0. The van der Waals surface area contributed by atoms with Gasteiger partial charge in [-0.15, -0.1) is 11.3 Å². The van der Waals surface area contributed by atoms with Crippen LogP contribution in [0.2, 0.25) is 0 Å². The Morgan fingerprint density at radius 3 is 2.74 bits per heavy atom. The summed E-state index contributed by atoms with van der Waals surface area (Å²) in [5, 5.41) is 12.7. The monoisotopic (exact) mass is 347 g/mol. The van der Waals surface area contributed by atoms with Crippen molar-refractivity contribution in [3.63, 3.8) is 0 Å². The van der Waals surface area contributed by atoms with E-state index in [0.717, 1.165) is 10.7 Å². The van der Waals surface area contributed by atoms with Crippen molar-refractivity contribution in [1.82, 2.24) is 4.98 Å². The number of rotatable bonds is 4. The van der Waals surface area contributed by atoms with E-state index in [1.807, 2.05) is 12.3 Å². The number of aliphatic hydroxyl groups is 1. The molecule has 2 aromatic rings. The Bertz CT molecular complexity index is 588. The fraction of sp³-hybridized carbons (Fsp3) is 0.308. The Hall–Kier alpha value is -0.850.